The molecule has 0 saturated heterocycles. The Hall–Kier alpha value is -2.82. The highest BCUT2D eigenvalue weighted by Crippen LogP contribution is 2.20. The van der Waals surface area contributed by atoms with E-state index >= 15 is 0 Å². The fourth-order valence-corrected chi connectivity index (χ4v) is 2.33. The molecule has 0 atom stereocenters. The number of nitrogens with one attached hydrogen (secondary N) is 1. The molecule has 2 amide bonds. The number of carbonyl (C=O) groups excluding carboxylic acids is 2. The molecule has 2 aromatic rings. The molecule has 0 fully saturated rings. The van der Waals surface area contributed by atoms with Crippen LogP contribution in [0.25, 0.3) is 0 Å². The van der Waals surface area contributed by atoms with Gasteiger partial charge in [-0.3, -0.25) is 9.59 Å². The van der Waals surface area contributed by atoms with Gasteiger partial charge >= 0.3 is 0 Å². The molecule has 0 spiro atoms. The van der Waals surface area contributed by atoms with Crippen molar-refractivity contribution in [2.75, 3.05) is 19.0 Å². The lowest BCUT2D eigenvalue weighted by Crippen LogP contribution is -2.24. The summed E-state index contributed by atoms with van der Waals surface area (Å²) in [5, 5.41) is 2.93. The second-order valence-electron chi connectivity index (χ2n) is 6.72. The number of amides is 2. The van der Waals surface area contributed by atoms with Crippen molar-refractivity contribution in [3.63, 3.8) is 0 Å². The molecule has 5 heteroatoms. The zero-order chi connectivity index (χ0) is 19.1. The monoisotopic (exact) mass is 354 g/mol. The van der Waals surface area contributed by atoms with Crippen LogP contribution in [-0.4, -0.2) is 30.4 Å². The summed E-state index contributed by atoms with van der Waals surface area (Å²) < 4.78 is 5.69. The first-order chi connectivity index (χ1) is 12.4. The van der Waals surface area contributed by atoms with E-state index in [0.717, 1.165) is 5.56 Å². The Morgan fingerprint density at radius 3 is 2.54 bits per heavy atom. The molecule has 26 heavy (non-hydrogen) atoms. The van der Waals surface area contributed by atoms with Gasteiger partial charge in [-0.2, -0.15) is 0 Å². The third-order valence-corrected chi connectivity index (χ3v) is 3.89. The van der Waals surface area contributed by atoms with Crippen LogP contribution < -0.4 is 10.1 Å². The summed E-state index contributed by atoms with van der Waals surface area (Å²) in [4.78, 5) is 25.7. The van der Waals surface area contributed by atoms with Crippen molar-refractivity contribution in [1.29, 1.82) is 0 Å². The maximum atomic E-state index is 12.6. The Morgan fingerprint density at radius 2 is 1.85 bits per heavy atom. The molecule has 0 bridgehead atoms. The highest BCUT2D eigenvalue weighted by Gasteiger charge is 2.12. The van der Waals surface area contributed by atoms with E-state index in [2.05, 4.69) is 19.2 Å². The van der Waals surface area contributed by atoms with E-state index in [0.29, 0.717) is 36.1 Å². The first-order valence-electron chi connectivity index (χ1n) is 8.70. The highest BCUT2D eigenvalue weighted by molar-refractivity contribution is 6.04. The molecular formula is C21H26N2O3. The van der Waals surface area contributed by atoms with Crippen LogP contribution in [-0.2, 0) is 11.3 Å². The van der Waals surface area contributed by atoms with Crippen LogP contribution in [0.3, 0.4) is 0 Å². The largest absolute Gasteiger partial charge is 0.493 e. The minimum Gasteiger partial charge on any atom is -0.493 e. The van der Waals surface area contributed by atoms with Gasteiger partial charge in [-0.1, -0.05) is 38.1 Å². The number of hydrogen-bond donors (Lipinski definition) is 1. The van der Waals surface area contributed by atoms with Crippen molar-refractivity contribution in [1.82, 2.24) is 4.90 Å². The van der Waals surface area contributed by atoms with E-state index < -0.39 is 0 Å². The third-order valence-electron chi connectivity index (χ3n) is 3.89. The van der Waals surface area contributed by atoms with Gasteiger partial charge < -0.3 is 15.0 Å². The van der Waals surface area contributed by atoms with Gasteiger partial charge in [-0.05, 0) is 35.7 Å². The molecule has 2 rings (SSSR count). The van der Waals surface area contributed by atoms with E-state index in [1.807, 2.05) is 30.3 Å². The predicted octanol–water partition coefficient (Wildman–Crippen LogP) is 3.95. The minimum atomic E-state index is -0.210. The number of nitrogens with zero attached hydrogens (tertiary/aromatic N) is 1. The zero-order valence-electron chi connectivity index (χ0n) is 15.8. The fourth-order valence-electron chi connectivity index (χ4n) is 2.33. The standard InChI is InChI=1S/C21H26N2O3/c1-15(2)14-26-19-10-7-9-17(12-19)21(25)22-20-11-6-5-8-18(20)13-23(4)16(3)24/h5-12,15H,13-14H2,1-4H3,(H,22,25). The van der Waals surface area contributed by atoms with Crippen molar-refractivity contribution in [2.45, 2.75) is 27.3 Å². The average Bonchev–Trinajstić information content (AvgIpc) is 2.61. The van der Waals surface area contributed by atoms with Crippen LogP contribution in [0.15, 0.2) is 48.5 Å². The SMILES string of the molecule is CC(=O)N(C)Cc1ccccc1NC(=O)c1cccc(OCC(C)C)c1. The van der Waals surface area contributed by atoms with E-state index in [4.69, 9.17) is 4.74 Å². The summed E-state index contributed by atoms with van der Waals surface area (Å²) in [5.41, 5.74) is 2.10. The summed E-state index contributed by atoms with van der Waals surface area (Å²) in [6.45, 7) is 6.70. The topological polar surface area (TPSA) is 58.6 Å². The smallest absolute Gasteiger partial charge is 0.255 e. The van der Waals surface area contributed by atoms with Crippen LogP contribution in [0, 0.1) is 5.92 Å². The summed E-state index contributed by atoms with van der Waals surface area (Å²) >= 11 is 0. The van der Waals surface area contributed by atoms with Gasteiger partial charge in [-0.15, -0.1) is 0 Å². The highest BCUT2D eigenvalue weighted by atomic mass is 16.5. The lowest BCUT2D eigenvalue weighted by Gasteiger charge is -2.18. The van der Waals surface area contributed by atoms with Gasteiger partial charge in [-0.25, -0.2) is 0 Å². The lowest BCUT2D eigenvalue weighted by molar-refractivity contribution is -0.128. The van der Waals surface area contributed by atoms with Gasteiger partial charge in [0.05, 0.1) is 6.61 Å². The molecule has 1 N–H and O–H groups in total. The number of para-hydroxylation sites is 1. The molecule has 0 saturated carbocycles. The maximum absolute atomic E-state index is 12.6. The lowest BCUT2D eigenvalue weighted by atomic mass is 10.1. The molecule has 0 radical (unpaired) electrons. The second kappa shape index (κ2) is 9.04. The third kappa shape index (κ3) is 5.62. The molecule has 0 aromatic heterocycles. The summed E-state index contributed by atoms with van der Waals surface area (Å²) in [6.07, 6.45) is 0. The number of hydrogen-bond acceptors (Lipinski definition) is 3. The van der Waals surface area contributed by atoms with Crippen LogP contribution in [0.1, 0.15) is 36.7 Å². The Morgan fingerprint density at radius 1 is 1.12 bits per heavy atom. The van der Waals surface area contributed by atoms with Crippen molar-refractivity contribution in [2.24, 2.45) is 5.92 Å². The van der Waals surface area contributed by atoms with Gasteiger partial charge in [0.2, 0.25) is 5.91 Å². The Bertz CT molecular complexity index is 771. The van der Waals surface area contributed by atoms with E-state index in [-0.39, 0.29) is 11.8 Å². The molecule has 0 aliphatic heterocycles. The minimum absolute atomic E-state index is 0.0267. The Kier molecular flexibility index (Phi) is 6.78. The number of ether oxygens (including phenoxy) is 1. The Labute approximate surface area is 155 Å². The summed E-state index contributed by atoms with van der Waals surface area (Å²) in [7, 11) is 1.73. The fraction of sp³-hybridized carbons (Fsp3) is 0.333. The Balaban J connectivity index is 2.13. The predicted molar refractivity (Wildman–Crippen MR) is 103 cm³/mol. The van der Waals surface area contributed by atoms with Crippen molar-refractivity contribution in [3.05, 3.63) is 59.7 Å². The molecule has 5 nitrogen and oxygen atoms in total. The zero-order valence-corrected chi connectivity index (χ0v) is 15.8. The summed E-state index contributed by atoms with van der Waals surface area (Å²) in [6, 6.07) is 14.6. The molecule has 0 unspecified atom stereocenters. The molecule has 138 valence electrons. The van der Waals surface area contributed by atoms with Gasteiger partial charge in [0.15, 0.2) is 0 Å². The number of rotatable bonds is 7. The molecule has 2 aromatic carbocycles. The normalized spacial score (nSPS) is 10.5. The van der Waals surface area contributed by atoms with Crippen LogP contribution in [0.2, 0.25) is 0 Å². The van der Waals surface area contributed by atoms with Gasteiger partial charge in [0, 0.05) is 31.8 Å². The molecule has 0 aliphatic rings. The van der Waals surface area contributed by atoms with Crippen molar-refractivity contribution in [3.8, 4) is 5.75 Å². The maximum Gasteiger partial charge on any atom is 0.255 e. The van der Waals surface area contributed by atoms with Crippen LogP contribution in [0.5, 0.6) is 5.75 Å². The van der Waals surface area contributed by atoms with Crippen LogP contribution >= 0.6 is 0 Å². The quantitative estimate of drug-likeness (QED) is 0.819. The van der Waals surface area contributed by atoms with E-state index in [1.54, 1.807) is 30.1 Å². The van der Waals surface area contributed by atoms with Crippen molar-refractivity contribution < 1.29 is 14.3 Å². The second-order valence-corrected chi connectivity index (χ2v) is 6.72. The molecular weight excluding hydrogens is 328 g/mol. The first kappa shape index (κ1) is 19.5. The van der Waals surface area contributed by atoms with E-state index in [1.165, 1.54) is 6.92 Å². The van der Waals surface area contributed by atoms with Crippen molar-refractivity contribution >= 4 is 17.5 Å². The molecule has 0 heterocycles. The average molecular weight is 354 g/mol. The van der Waals surface area contributed by atoms with Gasteiger partial charge in [0.1, 0.15) is 5.75 Å². The first-order valence-corrected chi connectivity index (χ1v) is 8.70. The number of benzene rings is 2. The number of anilines is 1. The van der Waals surface area contributed by atoms with E-state index in [9.17, 15) is 9.59 Å². The van der Waals surface area contributed by atoms with Gasteiger partial charge in [0.25, 0.3) is 5.91 Å². The summed E-state index contributed by atoms with van der Waals surface area (Å²) in [5.74, 6) is 0.854. The number of carbonyl (C=O) groups is 2. The van der Waals surface area contributed by atoms with Crippen LogP contribution in [0.4, 0.5) is 5.69 Å². The molecule has 0 aliphatic carbocycles.